The molecule has 1 aromatic heterocycles. The number of alkyl halides is 3. The number of rotatable bonds is 3. The van der Waals surface area contributed by atoms with E-state index in [4.69, 9.17) is 10.2 Å². The molecular weight excluding hydrogens is 293 g/mol. The summed E-state index contributed by atoms with van der Waals surface area (Å²) in [6, 6.07) is 2.97. The first-order valence-electron chi connectivity index (χ1n) is 5.51. The van der Waals surface area contributed by atoms with Gasteiger partial charge >= 0.3 is 12.4 Å². The van der Waals surface area contributed by atoms with Gasteiger partial charge in [0.2, 0.25) is 5.89 Å². The van der Waals surface area contributed by atoms with Gasteiger partial charge in [-0.2, -0.15) is 0 Å². The van der Waals surface area contributed by atoms with E-state index in [9.17, 15) is 18.0 Å². The minimum atomic E-state index is -4.86. The molecule has 1 heterocycles. The third-order valence-electron chi connectivity index (χ3n) is 2.24. The number of amides is 1. The van der Waals surface area contributed by atoms with Crippen molar-refractivity contribution in [3.05, 3.63) is 29.7 Å². The van der Waals surface area contributed by atoms with E-state index >= 15 is 0 Å². The van der Waals surface area contributed by atoms with Gasteiger partial charge in [0.05, 0.1) is 5.69 Å². The number of nitrogens with one attached hydrogen (secondary N) is 1. The molecule has 1 amide bonds. The van der Waals surface area contributed by atoms with E-state index in [-0.39, 0.29) is 23.2 Å². The number of aryl methyl sites for hydroxylation is 1. The molecule has 7 nitrogen and oxygen atoms in total. The normalized spacial score (nSPS) is 11.2. The smallest absolute Gasteiger partial charge is 0.408 e. The Bertz CT molecular complexity index is 669. The number of hydrogen-bond acceptors (Lipinski definition) is 6. The van der Waals surface area contributed by atoms with Crippen LogP contribution in [0.2, 0.25) is 0 Å². The minimum Gasteiger partial charge on any atom is -0.408 e. The van der Waals surface area contributed by atoms with Crippen molar-refractivity contribution in [3.8, 4) is 5.75 Å². The Balaban J connectivity index is 2.14. The summed E-state index contributed by atoms with van der Waals surface area (Å²) in [7, 11) is 0. The molecule has 0 aliphatic rings. The predicted octanol–water partition coefficient (Wildman–Crippen LogP) is 2.11. The van der Waals surface area contributed by atoms with Gasteiger partial charge in [-0.3, -0.25) is 10.1 Å². The number of carbonyl (C=O) groups excluding carboxylic acids is 1. The van der Waals surface area contributed by atoms with Crippen LogP contribution in [-0.4, -0.2) is 22.5 Å². The molecule has 21 heavy (non-hydrogen) atoms. The summed E-state index contributed by atoms with van der Waals surface area (Å²) in [5.41, 5.74) is 5.09. The zero-order chi connectivity index (χ0) is 15.6. The van der Waals surface area contributed by atoms with Gasteiger partial charge in [0.1, 0.15) is 0 Å². The topological polar surface area (TPSA) is 103 Å². The highest BCUT2D eigenvalue weighted by Gasteiger charge is 2.32. The first-order valence-corrected chi connectivity index (χ1v) is 5.51. The van der Waals surface area contributed by atoms with Crippen LogP contribution in [-0.2, 0) is 0 Å². The van der Waals surface area contributed by atoms with Gasteiger partial charge in [0.15, 0.2) is 5.75 Å². The second-order valence-corrected chi connectivity index (χ2v) is 3.88. The van der Waals surface area contributed by atoms with Crippen LogP contribution >= 0.6 is 0 Å². The van der Waals surface area contributed by atoms with Crippen LogP contribution in [0.1, 0.15) is 16.2 Å². The van der Waals surface area contributed by atoms with Gasteiger partial charge in [-0.05, 0) is 18.2 Å². The number of nitrogens with zero attached hydrogens (tertiary/aromatic N) is 2. The van der Waals surface area contributed by atoms with Crippen molar-refractivity contribution in [3.63, 3.8) is 0 Å². The van der Waals surface area contributed by atoms with Crippen LogP contribution in [0.25, 0.3) is 0 Å². The second kappa shape index (κ2) is 5.31. The average Bonchev–Trinajstić information content (AvgIpc) is 2.75. The fourth-order valence-electron chi connectivity index (χ4n) is 1.42. The zero-order valence-corrected chi connectivity index (χ0v) is 10.6. The van der Waals surface area contributed by atoms with E-state index in [1.54, 1.807) is 0 Å². The SMILES string of the molecule is Cc1nnc(NC(=O)c2ccc(OC(F)(F)F)c(N)c2)o1. The van der Waals surface area contributed by atoms with E-state index in [0.29, 0.717) is 0 Å². The van der Waals surface area contributed by atoms with Crippen molar-refractivity contribution >= 4 is 17.6 Å². The number of ether oxygens (including phenoxy) is 1. The van der Waals surface area contributed by atoms with Crippen molar-refractivity contribution in [2.75, 3.05) is 11.1 Å². The van der Waals surface area contributed by atoms with Crippen molar-refractivity contribution < 1.29 is 27.1 Å². The predicted molar refractivity (Wildman–Crippen MR) is 64.5 cm³/mol. The Hall–Kier alpha value is -2.78. The van der Waals surface area contributed by atoms with E-state index in [1.165, 1.54) is 6.92 Å². The number of nitrogen functional groups attached to an aromatic ring is 1. The molecular formula is C11H9F3N4O3. The maximum absolute atomic E-state index is 12.1. The van der Waals surface area contributed by atoms with E-state index < -0.39 is 18.0 Å². The van der Waals surface area contributed by atoms with Gasteiger partial charge in [-0.25, -0.2) is 0 Å². The maximum Gasteiger partial charge on any atom is 0.573 e. The molecule has 0 saturated carbocycles. The Morgan fingerprint density at radius 1 is 1.38 bits per heavy atom. The summed E-state index contributed by atoms with van der Waals surface area (Å²) in [5.74, 6) is -1.00. The number of benzene rings is 1. The number of aromatic nitrogens is 2. The molecule has 1 aromatic carbocycles. The van der Waals surface area contributed by atoms with Crippen LogP contribution < -0.4 is 15.8 Å². The molecule has 0 saturated heterocycles. The molecule has 0 atom stereocenters. The van der Waals surface area contributed by atoms with Gasteiger partial charge in [-0.1, -0.05) is 5.10 Å². The highest BCUT2D eigenvalue weighted by Crippen LogP contribution is 2.29. The van der Waals surface area contributed by atoms with Gasteiger partial charge in [0.25, 0.3) is 5.91 Å². The Morgan fingerprint density at radius 3 is 2.62 bits per heavy atom. The van der Waals surface area contributed by atoms with Crippen molar-refractivity contribution in [2.45, 2.75) is 13.3 Å². The lowest BCUT2D eigenvalue weighted by atomic mass is 10.2. The molecule has 2 rings (SSSR count). The molecule has 0 bridgehead atoms. The molecule has 10 heteroatoms. The van der Waals surface area contributed by atoms with Crippen molar-refractivity contribution in [1.82, 2.24) is 10.2 Å². The summed E-state index contributed by atoms with van der Waals surface area (Å²) in [4.78, 5) is 11.8. The number of carbonyl (C=O) groups is 1. The zero-order valence-electron chi connectivity index (χ0n) is 10.6. The lowest BCUT2D eigenvalue weighted by Gasteiger charge is -2.11. The van der Waals surface area contributed by atoms with Crippen LogP contribution in [0.4, 0.5) is 24.9 Å². The molecule has 3 N–H and O–H groups in total. The summed E-state index contributed by atoms with van der Waals surface area (Å²) in [6.45, 7) is 1.53. The molecule has 0 aliphatic carbocycles. The third kappa shape index (κ3) is 3.84. The molecule has 0 unspecified atom stereocenters. The molecule has 0 radical (unpaired) electrons. The fourth-order valence-corrected chi connectivity index (χ4v) is 1.42. The second-order valence-electron chi connectivity index (χ2n) is 3.88. The molecule has 0 aliphatic heterocycles. The van der Waals surface area contributed by atoms with Crippen LogP contribution in [0, 0.1) is 6.92 Å². The third-order valence-corrected chi connectivity index (χ3v) is 2.24. The van der Waals surface area contributed by atoms with E-state index in [2.05, 4.69) is 20.3 Å². The number of anilines is 2. The number of halogens is 3. The van der Waals surface area contributed by atoms with Crippen LogP contribution in [0.3, 0.4) is 0 Å². The Labute approximate surface area is 115 Å². The van der Waals surface area contributed by atoms with Gasteiger partial charge in [-0.15, -0.1) is 18.3 Å². The number of nitrogens with two attached hydrogens (primary N) is 1. The maximum atomic E-state index is 12.1. The van der Waals surface area contributed by atoms with Crippen LogP contribution in [0.15, 0.2) is 22.6 Å². The average molecular weight is 302 g/mol. The molecule has 112 valence electrons. The molecule has 2 aromatic rings. The largest absolute Gasteiger partial charge is 0.573 e. The van der Waals surface area contributed by atoms with E-state index in [0.717, 1.165) is 18.2 Å². The first kappa shape index (κ1) is 14.6. The van der Waals surface area contributed by atoms with Gasteiger partial charge in [0, 0.05) is 12.5 Å². The van der Waals surface area contributed by atoms with Crippen molar-refractivity contribution in [2.24, 2.45) is 0 Å². The first-order chi connectivity index (χ1) is 9.74. The van der Waals surface area contributed by atoms with Crippen molar-refractivity contribution in [1.29, 1.82) is 0 Å². The lowest BCUT2D eigenvalue weighted by Crippen LogP contribution is -2.18. The van der Waals surface area contributed by atoms with E-state index in [1.807, 2.05) is 0 Å². The minimum absolute atomic E-state index is 0.0119. The Morgan fingerprint density at radius 2 is 2.10 bits per heavy atom. The number of hydrogen-bond donors (Lipinski definition) is 2. The quantitative estimate of drug-likeness (QED) is 0.842. The summed E-state index contributed by atoms with van der Waals surface area (Å²) >= 11 is 0. The monoisotopic (exact) mass is 302 g/mol. The van der Waals surface area contributed by atoms with Crippen LogP contribution in [0.5, 0.6) is 5.75 Å². The summed E-state index contributed by atoms with van der Waals surface area (Å²) in [6.07, 6.45) is -4.86. The fraction of sp³-hybridized carbons (Fsp3) is 0.182. The lowest BCUT2D eigenvalue weighted by molar-refractivity contribution is -0.274. The summed E-state index contributed by atoms with van der Waals surface area (Å²) < 4.78 is 44.9. The molecule has 0 spiro atoms. The Kier molecular flexibility index (Phi) is 3.70. The molecule has 0 fully saturated rings. The highest BCUT2D eigenvalue weighted by molar-refractivity contribution is 6.03. The van der Waals surface area contributed by atoms with Gasteiger partial charge < -0.3 is 14.9 Å². The highest BCUT2D eigenvalue weighted by atomic mass is 19.4. The standard InChI is InChI=1S/C11H9F3N4O3/c1-5-17-18-10(20-5)16-9(19)6-2-3-8(7(15)4-6)21-11(12,13)14/h2-4H,15H2,1H3,(H,16,18,19). The summed E-state index contributed by atoms with van der Waals surface area (Å²) in [5, 5.41) is 9.33.